The lowest BCUT2D eigenvalue weighted by Gasteiger charge is -2.12. The summed E-state index contributed by atoms with van der Waals surface area (Å²) in [6, 6.07) is 15.4. The second kappa shape index (κ2) is 6.92. The first-order valence-electron chi connectivity index (χ1n) is 7.21. The molecular formula is C18H22ClN. The Balaban J connectivity index is 2.30. The Labute approximate surface area is 127 Å². The monoisotopic (exact) mass is 287 g/mol. The summed E-state index contributed by atoms with van der Waals surface area (Å²) in [7, 11) is 0. The van der Waals surface area contributed by atoms with E-state index in [9.17, 15) is 0 Å². The van der Waals surface area contributed by atoms with Crippen LogP contribution in [0.1, 0.15) is 31.9 Å². The van der Waals surface area contributed by atoms with Crippen LogP contribution in [0.5, 0.6) is 0 Å². The average Bonchev–Trinajstić information content (AvgIpc) is 2.46. The van der Waals surface area contributed by atoms with Gasteiger partial charge in [-0.25, -0.2) is 0 Å². The number of hydrogen-bond donors (Lipinski definition) is 1. The highest BCUT2D eigenvalue weighted by atomic mass is 35.5. The highest BCUT2D eigenvalue weighted by Crippen LogP contribution is 2.26. The Morgan fingerprint density at radius 1 is 1.05 bits per heavy atom. The second-order valence-electron chi connectivity index (χ2n) is 5.40. The van der Waals surface area contributed by atoms with Crippen molar-refractivity contribution >= 4 is 11.6 Å². The smallest absolute Gasteiger partial charge is 0.0451 e. The highest BCUT2D eigenvalue weighted by Gasteiger charge is 2.05. The predicted molar refractivity (Wildman–Crippen MR) is 88.2 cm³/mol. The largest absolute Gasteiger partial charge is 0.310 e. The van der Waals surface area contributed by atoms with Gasteiger partial charge in [0.2, 0.25) is 0 Å². The molecule has 0 unspecified atom stereocenters. The van der Waals surface area contributed by atoms with Gasteiger partial charge in [-0.2, -0.15) is 0 Å². The summed E-state index contributed by atoms with van der Waals surface area (Å²) < 4.78 is 0. The van der Waals surface area contributed by atoms with Crippen molar-refractivity contribution in [1.82, 2.24) is 5.32 Å². The van der Waals surface area contributed by atoms with E-state index in [1.54, 1.807) is 0 Å². The molecule has 0 aliphatic heterocycles. The van der Waals surface area contributed by atoms with Crippen molar-refractivity contribution in [3.05, 3.63) is 58.6 Å². The molecule has 2 aromatic carbocycles. The lowest BCUT2D eigenvalue weighted by atomic mass is 10.00. The van der Waals surface area contributed by atoms with Gasteiger partial charge < -0.3 is 5.32 Å². The van der Waals surface area contributed by atoms with Crippen LogP contribution in [0.15, 0.2) is 42.5 Å². The summed E-state index contributed by atoms with van der Waals surface area (Å²) >= 11 is 6.29. The molecule has 1 nitrogen and oxygen atoms in total. The van der Waals surface area contributed by atoms with Gasteiger partial charge in [-0.05, 0) is 40.8 Å². The van der Waals surface area contributed by atoms with Crippen LogP contribution in [0.3, 0.4) is 0 Å². The lowest BCUT2D eigenvalue weighted by molar-refractivity contribution is 0.589. The molecule has 0 saturated heterocycles. The molecule has 0 aliphatic carbocycles. The van der Waals surface area contributed by atoms with E-state index in [2.05, 4.69) is 62.5 Å². The molecule has 0 saturated carbocycles. The maximum absolute atomic E-state index is 6.29. The summed E-state index contributed by atoms with van der Waals surface area (Å²) in [5.74, 6) is 0. The first kappa shape index (κ1) is 15.1. The normalized spacial score (nSPS) is 11.1. The third kappa shape index (κ3) is 3.84. The summed E-state index contributed by atoms with van der Waals surface area (Å²) in [6.45, 7) is 7.27. The minimum atomic E-state index is 0.457. The molecule has 2 heteroatoms. The number of hydrogen-bond acceptors (Lipinski definition) is 1. The minimum absolute atomic E-state index is 0.457. The molecule has 2 rings (SSSR count). The Morgan fingerprint density at radius 2 is 1.80 bits per heavy atom. The zero-order chi connectivity index (χ0) is 14.5. The van der Waals surface area contributed by atoms with Crippen LogP contribution >= 0.6 is 11.6 Å². The predicted octanol–water partition coefficient (Wildman–Crippen LogP) is 5.07. The van der Waals surface area contributed by atoms with Crippen LogP contribution < -0.4 is 5.32 Å². The minimum Gasteiger partial charge on any atom is -0.310 e. The van der Waals surface area contributed by atoms with Gasteiger partial charge in [0.15, 0.2) is 0 Å². The van der Waals surface area contributed by atoms with E-state index in [-0.39, 0.29) is 0 Å². The van der Waals surface area contributed by atoms with Crippen LogP contribution in [-0.2, 0) is 13.0 Å². The van der Waals surface area contributed by atoms with Crippen molar-refractivity contribution in [2.24, 2.45) is 0 Å². The van der Waals surface area contributed by atoms with Gasteiger partial charge in [0, 0.05) is 17.6 Å². The van der Waals surface area contributed by atoms with Crippen LogP contribution in [0.25, 0.3) is 11.1 Å². The maximum atomic E-state index is 6.29. The lowest BCUT2D eigenvalue weighted by Crippen LogP contribution is -2.21. The molecule has 106 valence electrons. The maximum Gasteiger partial charge on any atom is 0.0451 e. The van der Waals surface area contributed by atoms with Crippen molar-refractivity contribution in [1.29, 1.82) is 0 Å². The molecular weight excluding hydrogens is 266 g/mol. The quantitative estimate of drug-likeness (QED) is 0.810. The molecule has 0 amide bonds. The second-order valence-corrected chi connectivity index (χ2v) is 5.80. The van der Waals surface area contributed by atoms with Crippen LogP contribution in [-0.4, -0.2) is 6.04 Å². The van der Waals surface area contributed by atoms with Gasteiger partial charge >= 0.3 is 0 Å². The van der Waals surface area contributed by atoms with Crippen molar-refractivity contribution < 1.29 is 0 Å². The van der Waals surface area contributed by atoms with Gasteiger partial charge in [0.1, 0.15) is 0 Å². The van der Waals surface area contributed by atoms with E-state index < -0.39 is 0 Å². The van der Waals surface area contributed by atoms with E-state index in [0.717, 1.165) is 23.6 Å². The number of benzene rings is 2. The first-order valence-corrected chi connectivity index (χ1v) is 7.59. The Kier molecular flexibility index (Phi) is 5.22. The van der Waals surface area contributed by atoms with Gasteiger partial charge in [0.25, 0.3) is 0 Å². The van der Waals surface area contributed by atoms with E-state index in [4.69, 9.17) is 11.6 Å². The SMILES string of the molecule is CCc1cccc(-c2ccc(Cl)c(CNC(C)C)c2)c1. The summed E-state index contributed by atoms with van der Waals surface area (Å²) in [6.07, 6.45) is 1.06. The van der Waals surface area contributed by atoms with E-state index in [0.29, 0.717) is 6.04 Å². The molecule has 0 fully saturated rings. The number of nitrogens with one attached hydrogen (secondary N) is 1. The third-order valence-electron chi connectivity index (χ3n) is 3.42. The molecule has 0 bridgehead atoms. The Hall–Kier alpha value is -1.31. The van der Waals surface area contributed by atoms with Gasteiger partial charge in [-0.3, -0.25) is 0 Å². The van der Waals surface area contributed by atoms with Gasteiger partial charge in [-0.1, -0.05) is 62.7 Å². The molecule has 2 aromatic rings. The number of halogens is 1. The highest BCUT2D eigenvalue weighted by molar-refractivity contribution is 6.31. The Morgan fingerprint density at radius 3 is 2.50 bits per heavy atom. The van der Waals surface area contributed by atoms with Crippen molar-refractivity contribution in [2.45, 2.75) is 39.8 Å². The molecule has 0 heterocycles. The fraction of sp³-hybridized carbons (Fsp3) is 0.333. The zero-order valence-electron chi connectivity index (χ0n) is 12.4. The average molecular weight is 288 g/mol. The van der Waals surface area contributed by atoms with Gasteiger partial charge in [-0.15, -0.1) is 0 Å². The fourth-order valence-electron chi connectivity index (χ4n) is 2.17. The molecule has 0 aromatic heterocycles. The molecule has 20 heavy (non-hydrogen) atoms. The fourth-order valence-corrected chi connectivity index (χ4v) is 2.36. The first-order chi connectivity index (χ1) is 9.60. The summed E-state index contributed by atoms with van der Waals surface area (Å²) in [5, 5.41) is 4.25. The van der Waals surface area contributed by atoms with Crippen LogP contribution in [0.2, 0.25) is 5.02 Å². The third-order valence-corrected chi connectivity index (χ3v) is 3.78. The standard InChI is InChI=1S/C18H22ClN/c1-4-14-6-5-7-15(10-14)16-8-9-18(19)17(11-16)12-20-13(2)3/h5-11,13,20H,4,12H2,1-3H3. The van der Waals surface area contributed by atoms with Crippen molar-refractivity contribution in [2.75, 3.05) is 0 Å². The summed E-state index contributed by atoms with van der Waals surface area (Å²) in [5.41, 5.74) is 5.00. The van der Waals surface area contributed by atoms with E-state index in [1.165, 1.54) is 16.7 Å². The molecule has 0 spiro atoms. The number of rotatable bonds is 5. The van der Waals surface area contributed by atoms with Crippen LogP contribution in [0.4, 0.5) is 0 Å². The zero-order valence-corrected chi connectivity index (χ0v) is 13.2. The van der Waals surface area contributed by atoms with Crippen LogP contribution in [0, 0.1) is 0 Å². The summed E-state index contributed by atoms with van der Waals surface area (Å²) in [4.78, 5) is 0. The van der Waals surface area contributed by atoms with Gasteiger partial charge in [0.05, 0.1) is 0 Å². The topological polar surface area (TPSA) is 12.0 Å². The molecule has 0 atom stereocenters. The van der Waals surface area contributed by atoms with Crippen molar-refractivity contribution in [3.8, 4) is 11.1 Å². The molecule has 0 radical (unpaired) electrons. The molecule has 0 aliphatic rings. The van der Waals surface area contributed by atoms with E-state index >= 15 is 0 Å². The van der Waals surface area contributed by atoms with E-state index in [1.807, 2.05) is 6.07 Å². The van der Waals surface area contributed by atoms with Crippen molar-refractivity contribution in [3.63, 3.8) is 0 Å². The molecule has 1 N–H and O–H groups in total. The number of aryl methyl sites for hydroxylation is 1. The Bertz CT molecular complexity index is 575.